The maximum absolute atomic E-state index is 12.7. The van der Waals surface area contributed by atoms with Gasteiger partial charge in [-0.25, -0.2) is 4.39 Å². The van der Waals surface area contributed by atoms with Crippen LogP contribution in [0.4, 0.5) is 30.5 Å². The summed E-state index contributed by atoms with van der Waals surface area (Å²) in [6, 6.07) is 1.74. The Morgan fingerprint density at radius 2 is 1.69 bits per heavy atom. The standard InChI is InChI=1S/C7H4BF7N/c9-6(7(10,11)12)4-2-1-3-5(16-4)8(13,14)15/h1-3,6H/q-1. The Labute approximate surface area is 85.3 Å². The molecule has 0 spiro atoms. The Hall–Kier alpha value is -1.28. The minimum absolute atomic E-state index is 0.493. The maximum Gasteiger partial charge on any atom is 0.527 e. The summed E-state index contributed by atoms with van der Waals surface area (Å²) < 4.78 is 84.7. The van der Waals surface area contributed by atoms with Crippen LogP contribution in [0.3, 0.4) is 0 Å². The highest BCUT2D eigenvalue weighted by Gasteiger charge is 2.42. The van der Waals surface area contributed by atoms with Crippen LogP contribution in [0, 0.1) is 0 Å². The third-order valence-electron chi connectivity index (χ3n) is 1.67. The second kappa shape index (κ2) is 3.95. The summed E-state index contributed by atoms with van der Waals surface area (Å²) in [7, 11) is 0. The highest BCUT2D eigenvalue weighted by molar-refractivity contribution is 6.72. The van der Waals surface area contributed by atoms with Gasteiger partial charge in [0.15, 0.2) is 0 Å². The maximum atomic E-state index is 12.7. The van der Waals surface area contributed by atoms with Gasteiger partial charge in [-0.05, 0) is 11.7 Å². The van der Waals surface area contributed by atoms with Crippen LogP contribution >= 0.6 is 0 Å². The van der Waals surface area contributed by atoms with Crippen molar-refractivity contribution in [1.82, 2.24) is 4.98 Å². The van der Waals surface area contributed by atoms with E-state index in [-0.39, 0.29) is 0 Å². The Balaban J connectivity index is 3.09. The Morgan fingerprint density at radius 1 is 1.12 bits per heavy atom. The largest absolute Gasteiger partial charge is 0.527 e. The fourth-order valence-corrected chi connectivity index (χ4v) is 0.960. The van der Waals surface area contributed by atoms with Crippen LogP contribution in [0.1, 0.15) is 11.9 Å². The smallest absolute Gasteiger partial charge is 0.444 e. The lowest BCUT2D eigenvalue weighted by molar-refractivity contribution is -0.183. The van der Waals surface area contributed by atoms with Crippen molar-refractivity contribution in [3.05, 3.63) is 23.9 Å². The number of hydrogen-bond acceptors (Lipinski definition) is 1. The molecule has 0 aromatic carbocycles. The van der Waals surface area contributed by atoms with Crippen molar-refractivity contribution in [3.63, 3.8) is 0 Å². The molecule has 0 saturated carbocycles. The third-order valence-corrected chi connectivity index (χ3v) is 1.67. The lowest BCUT2D eigenvalue weighted by atomic mass is 9.85. The predicted molar refractivity (Wildman–Crippen MR) is 42.9 cm³/mol. The summed E-state index contributed by atoms with van der Waals surface area (Å²) in [6.07, 6.45) is -8.77. The van der Waals surface area contributed by atoms with E-state index in [1.165, 1.54) is 0 Å². The monoisotopic (exact) mass is 246 g/mol. The van der Waals surface area contributed by atoms with Gasteiger partial charge in [-0.1, -0.05) is 12.1 Å². The molecule has 90 valence electrons. The Kier molecular flexibility index (Phi) is 3.16. The summed E-state index contributed by atoms with van der Waals surface area (Å²) in [5, 5.41) is 0. The zero-order valence-electron chi connectivity index (χ0n) is 7.48. The van der Waals surface area contributed by atoms with Gasteiger partial charge in [0.1, 0.15) is 0 Å². The van der Waals surface area contributed by atoms with Gasteiger partial charge in [0, 0.05) is 0 Å². The van der Waals surface area contributed by atoms with E-state index in [9.17, 15) is 30.5 Å². The quantitative estimate of drug-likeness (QED) is 0.577. The van der Waals surface area contributed by atoms with Gasteiger partial charge in [0.25, 0.3) is 0 Å². The van der Waals surface area contributed by atoms with E-state index >= 15 is 0 Å². The molecule has 9 heteroatoms. The zero-order chi connectivity index (χ0) is 12.6. The van der Waals surface area contributed by atoms with Crippen LogP contribution in [0.5, 0.6) is 0 Å². The molecule has 0 saturated heterocycles. The zero-order valence-corrected chi connectivity index (χ0v) is 7.48. The minimum Gasteiger partial charge on any atom is -0.444 e. The Bertz CT molecular complexity index is 372. The fraction of sp³-hybridized carbons (Fsp3) is 0.286. The fourth-order valence-electron chi connectivity index (χ4n) is 0.960. The Morgan fingerprint density at radius 3 is 2.12 bits per heavy atom. The van der Waals surface area contributed by atoms with Crippen LogP contribution in [0.25, 0.3) is 0 Å². The van der Waals surface area contributed by atoms with E-state index in [0.29, 0.717) is 18.2 Å². The van der Waals surface area contributed by atoms with Crippen molar-refractivity contribution >= 4 is 12.6 Å². The summed E-state index contributed by atoms with van der Waals surface area (Å²) in [5.41, 5.74) is -2.78. The molecule has 1 heterocycles. The summed E-state index contributed by atoms with van der Waals surface area (Å²) >= 11 is 0. The molecule has 1 rings (SSSR count). The summed E-state index contributed by atoms with van der Waals surface area (Å²) in [4.78, 5) is 2.62. The number of rotatable bonds is 2. The van der Waals surface area contributed by atoms with E-state index in [2.05, 4.69) is 4.98 Å². The third kappa shape index (κ3) is 2.86. The SMILES string of the molecule is FC(c1cccc([B-](F)(F)F)n1)C(F)(F)F. The summed E-state index contributed by atoms with van der Waals surface area (Å²) in [6.45, 7) is -5.54. The molecular formula is C7H4BF7N-. The molecule has 1 unspecified atom stereocenters. The molecule has 0 amide bonds. The first-order valence-electron chi connectivity index (χ1n) is 4.00. The van der Waals surface area contributed by atoms with Gasteiger partial charge >= 0.3 is 13.2 Å². The number of aromatic nitrogens is 1. The van der Waals surface area contributed by atoms with Crippen molar-refractivity contribution in [2.45, 2.75) is 12.3 Å². The molecule has 0 radical (unpaired) electrons. The average molecular weight is 246 g/mol. The molecule has 0 aliphatic heterocycles. The van der Waals surface area contributed by atoms with E-state index < -0.39 is 30.6 Å². The molecule has 1 nitrogen and oxygen atoms in total. The van der Waals surface area contributed by atoms with Gasteiger partial charge in [0.05, 0.1) is 5.69 Å². The predicted octanol–water partition coefficient (Wildman–Crippen LogP) is 2.71. The lowest BCUT2D eigenvalue weighted by Crippen LogP contribution is -2.37. The number of pyridine rings is 1. The highest BCUT2D eigenvalue weighted by atomic mass is 19.4. The normalized spacial score (nSPS) is 14.9. The topological polar surface area (TPSA) is 12.9 Å². The second-order valence-corrected chi connectivity index (χ2v) is 2.97. The van der Waals surface area contributed by atoms with Crippen LogP contribution < -0.4 is 5.59 Å². The van der Waals surface area contributed by atoms with E-state index in [1.54, 1.807) is 0 Å². The van der Waals surface area contributed by atoms with Crippen molar-refractivity contribution in [1.29, 1.82) is 0 Å². The number of nitrogens with zero attached hydrogens (tertiary/aromatic N) is 1. The first kappa shape index (κ1) is 12.8. The molecule has 16 heavy (non-hydrogen) atoms. The molecule has 1 aromatic heterocycles. The molecular weight excluding hydrogens is 242 g/mol. The molecule has 0 aliphatic carbocycles. The highest BCUT2D eigenvalue weighted by Crippen LogP contribution is 2.34. The molecule has 1 atom stereocenters. The van der Waals surface area contributed by atoms with Gasteiger partial charge in [0.2, 0.25) is 6.17 Å². The van der Waals surface area contributed by atoms with E-state index in [0.717, 1.165) is 0 Å². The van der Waals surface area contributed by atoms with Crippen molar-refractivity contribution in [2.24, 2.45) is 0 Å². The average Bonchev–Trinajstić information content (AvgIpc) is 2.14. The van der Waals surface area contributed by atoms with Crippen LogP contribution in [0.15, 0.2) is 18.2 Å². The molecule has 1 aromatic rings. The van der Waals surface area contributed by atoms with Crippen molar-refractivity contribution in [3.8, 4) is 0 Å². The van der Waals surface area contributed by atoms with Gasteiger partial charge in [-0.2, -0.15) is 13.2 Å². The van der Waals surface area contributed by atoms with E-state index in [4.69, 9.17) is 0 Å². The van der Waals surface area contributed by atoms with E-state index in [1.807, 2.05) is 0 Å². The van der Waals surface area contributed by atoms with Gasteiger partial charge in [-0.15, -0.1) is 0 Å². The first-order valence-corrected chi connectivity index (χ1v) is 4.00. The lowest BCUT2D eigenvalue weighted by Gasteiger charge is -2.17. The number of alkyl halides is 4. The molecule has 0 fully saturated rings. The molecule has 0 aliphatic rings. The first-order chi connectivity index (χ1) is 7.12. The van der Waals surface area contributed by atoms with Crippen LogP contribution in [0.2, 0.25) is 0 Å². The van der Waals surface area contributed by atoms with Crippen molar-refractivity contribution < 1.29 is 30.5 Å². The van der Waals surface area contributed by atoms with Gasteiger partial charge < -0.3 is 12.9 Å². The van der Waals surface area contributed by atoms with Crippen LogP contribution in [-0.2, 0) is 0 Å². The summed E-state index contributed by atoms with van der Waals surface area (Å²) in [5.74, 6) is 0. The molecule has 0 bridgehead atoms. The molecule has 0 N–H and O–H groups in total. The number of hydrogen-bond donors (Lipinski definition) is 0. The second-order valence-electron chi connectivity index (χ2n) is 2.97. The minimum atomic E-state index is -5.54. The van der Waals surface area contributed by atoms with Crippen LogP contribution in [-0.4, -0.2) is 18.1 Å². The van der Waals surface area contributed by atoms with Gasteiger partial charge in [-0.3, -0.25) is 4.98 Å². The van der Waals surface area contributed by atoms with Crippen molar-refractivity contribution in [2.75, 3.05) is 0 Å². The number of halogens is 7.